The largest absolute Gasteiger partial charge is 0.486 e. The molecule has 0 bridgehead atoms. The van der Waals surface area contributed by atoms with E-state index in [9.17, 15) is 14.0 Å². The van der Waals surface area contributed by atoms with Gasteiger partial charge in [0.1, 0.15) is 18.2 Å². The number of hydrogen-bond donors (Lipinski definition) is 0. The number of nitrogens with zero attached hydrogens (tertiary/aromatic N) is 1. The van der Waals surface area contributed by atoms with Crippen molar-refractivity contribution in [3.63, 3.8) is 0 Å². The summed E-state index contributed by atoms with van der Waals surface area (Å²) in [5.74, 6) is -0.333. The molecule has 1 aliphatic heterocycles. The van der Waals surface area contributed by atoms with E-state index in [-0.39, 0.29) is 23.6 Å². The number of imide groups is 1. The Bertz CT molecular complexity index is 1260. The molecule has 2 amide bonds. The van der Waals surface area contributed by atoms with Crippen LogP contribution in [0, 0.1) is 5.82 Å². The number of halogens is 4. The van der Waals surface area contributed by atoms with Gasteiger partial charge in [0.25, 0.3) is 11.1 Å². The summed E-state index contributed by atoms with van der Waals surface area (Å²) in [5.41, 5.74) is 1.83. The SMILES string of the molecule is O=C1S/C(=C/c2cc(Br)c(OCc3ccccc3Cl)c(Br)c2)C(=O)N1Cc1ccccc1F. The number of thioether (sulfide) groups is 1. The van der Waals surface area contributed by atoms with Gasteiger partial charge in [-0.2, -0.15) is 0 Å². The number of hydrogen-bond acceptors (Lipinski definition) is 4. The van der Waals surface area contributed by atoms with E-state index >= 15 is 0 Å². The molecule has 0 unspecified atom stereocenters. The molecule has 3 aromatic carbocycles. The summed E-state index contributed by atoms with van der Waals surface area (Å²) in [5, 5.41) is 0.180. The zero-order valence-corrected chi connectivity index (χ0v) is 21.6. The lowest BCUT2D eigenvalue weighted by atomic mass is 10.2. The first-order chi connectivity index (χ1) is 15.8. The Kier molecular flexibility index (Phi) is 7.58. The van der Waals surface area contributed by atoms with Crippen molar-refractivity contribution < 1.29 is 18.7 Å². The minimum absolute atomic E-state index is 0.114. The number of amides is 2. The molecule has 0 spiro atoms. The van der Waals surface area contributed by atoms with Gasteiger partial charge in [-0.05, 0) is 79.5 Å². The fourth-order valence-electron chi connectivity index (χ4n) is 3.15. The van der Waals surface area contributed by atoms with Crippen LogP contribution in [0.3, 0.4) is 0 Å². The maximum Gasteiger partial charge on any atom is 0.293 e. The normalized spacial score (nSPS) is 14.9. The molecule has 0 atom stereocenters. The topological polar surface area (TPSA) is 46.6 Å². The van der Waals surface area contributed by atoms with E-state index in [2.05, 4.69) is 31.9 Å². The van der Waals surface area contributed by atoms with E-state index in [1.165, 1.54) is 6.07 Å². The smallest absolute Gasteiger partial charge is 0.293 e. The molecule has 0 saturated carbocycles. The van der Waals surface area contributed by atoms with E-state index in [0.717, 1.165) is 22.2 Å². The number of ether oxygens (including phenoxy) is 1. The van der Waals surface area contributed by atoms with E-state index in [1.54, 1.807) is 42.5 Å². The van der Waals surface area contributed by atoms with Gasteiger partial charge in [0.05, 0.1) is 20.4 Å². The molecule has 168 valence electrons. The molecule has 4 nitrogen and oxygen atoms in total. The van der Waals surface area contributed by atoms with Crippen LogP contribution in [0.2, 0.25) is 5.02 Å². The highest BCUT2D eigenvalue weighted by Crippen LogP contribution is 2.38. The van der Waals surface area contributed by atoms with Gasteiger partial charge in [-0.15, -0.1) is 0 Å². The molecular weight excluding hydrogens is 597 g/mol. The summed E-state index contributed by atoms with van der Waals surface area (Å²) in [6.45, 7) is 0.169. The third-order valence-corrected chi connectivity index (χ3v) is 7.26. The molecule has 3 aromatic rings. The Hall–Kier alpha value is -2.13. The first-order valence-corrected chi connectivity index (χ1v) is 12.5. The first-order valence-electron chi connectivity index (χ1n) is 9.67. The fourth-order valence-corrected chi connectivity index (χ4v) is 5.63. The molecule has 0 N–H and O–H groups in total. The van der Waals surface area contributed by atoms with Crippen LogP contribution in [-0.4, -0.2) is 16.0 Å². The number of carbonyl (C=O) groups excluding carboxylic acids is 2. The van der Waals surface area contributed by atoms with Gasteiger partial charge in [-0.25, -0.2) is 4.39 Å². The second kappa shape index (κ2) is 10.4. The molecule has 1 fully saturated rings. The van der Waals surface area contributed by atoms with Crippen molar-refractivity contribution in [2.24, 2.45) is 0 Å². The van der Waals surface area contributed by atoms with Crippen molar-refractivity contribution in [2.75, 3.05) is 0 Å². The number of rotatable bonds is 6. The van der Waals surface area contributed by atoms with Crippen molar-refractivity contribution in [3.8, 4) is 5.75 Å². The van der Waals surface area contributed by atoms with Crippen LogP contribution in [0.5, 0.6) is 5.75 Å². The Morgan fingerprint density at radius 3 is 2.30 bits per heavy atom. The van der Waals surface area contributed by atoms with Gasteiger partial charge in [-0.1, -0.05) is 48.0 Å². The maximum absolute atomic E-state index is 14.0. The zero-order valence-electron chi connectivity index (χ0n) is 16.9. The Labute approximate surface area is 216 Å². The Balaban J connectivity index is 1.52. The van der Waals surface area contributed by atoms with Gasteiger partial charge >= 0.3 is 0 Å². The molecule has 1 saturated heterocycles. The quantitative estimate of drug-likeness (QED) is 0.267. The first kappa shape index (κ1) is 24.0. The number of benzene rings is 3. The van der Waals surface area contributed by atoms with Crippen LogP contribution in [0.4, 0.5) is 9.18 Å². The molecule has 1 heterocycles. The van der Waals surface area contributed by atoms with Crippen molar-refractivity contribution in [1.29, 1.82) is 0 Å². The minimum Gasteiger partial charge on any atom is -0.486 e. The second-order valence-electron chi connectivity index (χ2n) is 7.05. The lowest BCUT2D eigenvalue weighted by molar-refractivity contribution is -0.123. The molecule has 4 rings (SSSR count). The summed E-state index contributed by atoms with van der Waals surface area (Å²) in [4.78, 5) is 26.5. The monoisotopic (exact) mass is 609 g/mol. The summed E-state index contributed by atoms with van der Waals surface area (Å²) in [7, 11) is 0. The van der Waals surface area contributed by atoms with Crippen molar-refractivity contribution in [3.05, 3.63) is 102 Å². The van der Waals surface area contributed by atoms with Crippen LogP contribution in [-0.2, 0) is 17.9 Å². The summed E-state index contributed by atoms with van der Waals surface area (Å²) in [6, 6.07) is 17.1. The van der Waals surface area contributed by atoms with Crippen LogP contribution < -0.4 is 4.74 Å². The lowest BCUT2D eigenvalue weighted by Crippen LogP contribution is -2.27. The highest BCUT2D eigenvalue weighted by atomic mass is 79.9. The summed E-state index contributed by atoms with van der Waals surface area (Å²) >= 11 is 14.0. The van der Waals surface area contributed by atoms with Crippen LogP contribution in [0.15, 0.2) is 74.5 Å². The average Bonchev–Trinajstić information content (AvgIpc) is 3.03. The predicted molar refractivity (Wildman–Crippen MR) is 136 cm³/mol. The summed E-state index contributed by atoms with van der Waals surface area (Å²) < 4.78 is 21.2. The van der Waals surface area contributed by atoms with E-state index < -0.39 is 17.0 Å². The third-order valence-electron chi connectivity index (χ3n) is 4.81. The third kappa shape index (κ3) is 5.51. The standard InChI is InChI=1S/C24H15Br2ClFNO3S/c25-17-9-14(10-18(26)22(17)32-13-16-6-1-3-7-19(16)27)11-21-23(30)29(24(31)33-21)12-15-5-2-4-8-20(15)28/h1-11H,12-13H2/b21-11+. The van der Waals surface area contributed by atoms with Gasteiger partial charge in [-0.3, -0.25) is 14.5 Å². The van der Waals surface area contributed by atoms with E-state index in [4.69, 9.17) is 16.3 Å². The van der Waals surface area contributed by atoms with Crippen molar-refractivity contribution in [1.82, 2.24) is 4.90 Å². The van der Waals surface area contributed by atoms with Crippen LogP contribution in [0.1, 0.15) is 16.7 Å². The molecule has 0 aromatic heterocycles. The highest BCUT2D eigenvalue weighted by molar-refractivity contribution is 9.11. The molecule has 33 heavy (non-hydrogen) atoms. The second-order valence-corrected chi connectivity index (χ2v) is 10.2. The molecule has 0 radical (unpaired) electrons. The Morgan fingerprint density at radius 1 is 1.00 bits per heavy atom. The summed E-state index contributed by atoms with van der Waals surface area (Å²) in [6.07, 6.45) is 1.62. The highest BCUT2D eigenvalue weighted by Gasteiger charge is 2.35. The van der Waals surface area contributed by atoms with Gasteiger partial charge in [0.15, 0.2) is 0 Å². The minimum atomic E-state index is -0.459. The lowest BCUT2D eigenvalue weighted by Gasteiger charge is -2.13. The zero-order chi connectivity index (χ0) is 23.5. The van der Waals surface area contributed by atoms with E-state index in [0.29, 0.717) is 25.3 Å². The van der Waals surface area contributed by atoms with Crippen LogP contribution >= 0.6 is 55.2 Å². The van der Waals surface area contributed by atoms with Gasteiger partial charge in [0, 0.05) is 16.1 Å². The van der Waals surface area contributed by atoms with Gasteiger partial charge < -0.3 is 4.74 Å². The molecule has 0 aliphatic carbocycles. The average molecular weight is 612 g/mol. The van der Waals surface area contributed by atoms with Crippen molar-refractivity contribution >= 4 is 72.4 Å². The number of carbonyl (C=O) groups is 2. The molecular formula is C24H15Br2ClFNO3S. The van der Waals surface area contributed by atoms with Gasteiger partial charge in [0.2, 0.25) is 0 Å². The maximum atomic E-state index is 14.0. The van der Waals surface area contributed by atoms with Crippen LogP contribution in [0.25, 0.3) is 6.08 Å². The predicted octanol–water partition coefficient (Wildman–Crippen LogP) is 7.82. The fraction of sp³-hybridized carbons (Fsp3) is 0.0833. The molecule has 9 heteroatoms. The van der Waals surface area contributed by atoms with E-state index in [1.807, 2.05) is 18.2 Å². The molecule has 1 aliphatic rings. The van der Waals surface area contributed by atoms with Crippen molar-refractivity contribution in [2.45, 2.75) is 13.2 Å². The Morgan fingerprint density at radius 2 is 1.64 bits per heavy atom.